The molecule has 108 valence electrons. The van der Waals surface area contributed by atoms with Crippen molar-refractivity contribution >= 4 is 16.2 Å². The van der Waals surface area contributed by atoms with Gasteiger partial charge in [0, 0.05) is 6.54 Å². The van der Waals surface area contributed by atoms with Crippen LogP contribution in [0.25, 0.3) is 0 Å². The van der Waals surface area contributed by atoms with Gasteiger partial charge in [-0.3, -0.25) is 4.55 Å². The van der Waals surface area contributed by atoms with Gasteiger partial charge in [-0.1, -0.05) is 30.3 Å². The first kappa shape index (κ1) is 19.4. The first-order valence-electron chi connectivity index (χ1n) is 5.87. The average molecular weight is 311 g/mol. The maximum atomic E-state index is 11.3. The molecule has 0 bridgehead atoms. The van der Waals surface area contributed by atoms with E-state index in [0.717, 1.165) is 5.56 Å². The quantitative estimate of drug-likeness (QED) is 0.371. The van der Waals surface area contributed by atoms with E-state index in [0.29, 0.717) is 13.0 Å². The van der Waals surface area contributed by atoms with Crippen molar-refractivity contribution in [2.45, 2.75) is 19.4 Å². The molecule has 0 heterocycles. The molecule has 0 spiro atoms. The summed E-state index contributed by atoms with van der Waals surface area (Å²) < 4.78 is 34.3. The van der Waals surface area contributed by atoms with Crippen LogP contribution in [-0.2, 0) is 21.5 Å². The Hall–Kier alpha value is -0.600. The Kier molecular flexibility index (Phi) is 9.87. The van der Waals surface area contributed by atoms with Crippen molar-refractivity contribution < 1.29 is 53.5 Å². The van der Waals surface area contributed by atoms with Gasteiger partial charge in [-0.15, -0.1) is 0 Å². The molecule has 8 heteroatoms. The van der Waals surface area contributed by atoms with E-state index in [4.69, 9.17) is 9.29 Å². The maximum absolute atomic E-state index is 11.3. The van der Waals surface area contributed by atoms with Crippen molar-refractivity contribution in [3.63, 3.8) is 0 Å². The second-order valence-electron chi connectivity index (χ2n) is 3.98. The Morgan fingerprint density at radius 2 is 1.90 bits per heavy atom. The molecule has 1 rings (SSSR count). The normalized spacial score (nSPS) is 10.4. The Bertz CT molecular complexity index is 498. The second-order valence-corrected chi connectivity index (χ2v) is 5.55. The van der Waals surface area contributed by atoms with Gasteiger partial charge in [0.2, 0.25) is 0 Å². The number of benzene rings is 1. The summed E-state index contributed by atoms with van der Waals surface area (Å²) in [5.41, 5.74) is 0.893. The number of nitrogens with one attached hydrogen (secondary N) is 1. The fourth-order valence-electron chi connectivity index (χ4n) is 1.37. The van der Waals surface area contributed by atoms with Gasteiger partial charge in [0.05, 0.1) is 5.75 Å². The van der Waals surface area contributed by atoms with Gasteiger partial charge in [0.25, 0.3) is 10.1 Å². The number of hydrogen-bond acceptors (Lipinski definition) is 4. The minimum atomic E-state index is -3.92. The third-order valence-electron chi connectivity index (χ3n) is 2.31. The second kappa shape index (κ2) is 10.2. The third kappa shape index (κ3) is 10.2. The maximum Gasteiger partial charge on any atom is 1.00 e. The van der Waals surface area contributed by atoms with Gasteiger partial charge >= 0.3 is 35.7 Å². The Balaban J connectivity index is 0. The first-order chi connectivity index (χ1) is 8.97. The topological polar surface area (TPSA) is 92.7 Å². The first-order valence-corrected chi connectivity index (χ1v) is 7.48. The van der Waals surface area contributed by atoms with E-state index in [1.807, 2.05) is 30.3 Å². The largest absolute Gasteiger partial charge is 1.00 e. The number of hydrogen-bond donors (Lipinski definition) is 2. The zero-order chi connectivity index (χ0) is 14.1. The zero-order valence-electron chi connectivity index (χ0n) is 12.4. The summed E-state index contributed by atoms with van der Waals surface area (Å²) in [6.45, 7) is 0.501. The fourth-order valence-corrected chi connectivity index (χ4v) is 1.94. The molecule has 6 nitrogen and oxygen atoms in total. The molecule has 0 atom stereocenters. The van der Waals surface area contributed by atoms with E-state index < -0.39 is 16.2 Å². The molecule has 0 saturated heterocycles. The van der Waals surface area contributed by atoms with Crippen LogP contribution in [0.4, 0.5) is 4.79 Å². The van der Waals surface area contributed by atoms with Gasteiger partial charge < -0.3 is 11.5 Å². The Morgan fingerprint density at radius 1 is 1.25 bits per heavy atom. The van der Waals surface area contributed by atoms with E-state index >= 15 is 0 Å². The molecule has 0 unspecified atom stereocenters. The monoisotopic (exact) mass is 311 g/mol. The van der Waals surface area contributed by atoms with Gasteiger partial charge in [0.15, 0.2) is 0 Å². The molecule has 20 heavy (non-hydrogen) atoms. The van der Waals surface area contributed by atoms with Crippen LogP contribution in [-0.4, -0.2) is 31.4 Å². The molecule has 1 aromatic carbocycles. The average Bonchev–Trinajstić information content (AvgIpc) is 2.36. The van der Waals surface area contributed by atoms with E-state index in [1.165, 1.54) is 0 Å². The molecule has 0 aliphatic heterocycles. The molecule has 0 saturated carbocycles. The molecule has 1 amide bonds. The van der Waals surface area contributed by atoms with Crippen molar-refractivity contribution in [3.05, 3.63) is 35.9 Å². The molecular weight excluding hydrogens is 293 g/mol. The summed E-state index contributed by atoms with van der Waals surface area (Å²) >= 11 is 0. The molecule has 0 aliphatic carbocycles. The van der Waals surface area contributed by atoms with Crippen molar-refractivity contribution in [1.82, 2.24) is 5.32 Å². The summed E-state index contributed by atoms with van der Waals surface area (Å²) in [4.78, 5) is 11.3. The summed E-state index contributed by atoms with van der Waals surface area (Å²) in [6.07, 6.45) is 0.202. The van der Waals surface area contributed by atoms with Crippen molar-refractivity contribution in [1.29, 1.82) is 0 Å². The predicted octanol–water partition coefficient (Wildman–Crippen LogP) is -1.30. The zero-order valence-corrected chi connectivity index (χ0v) is 14.2. The SMILES string of the molecule is O=C(NCCCCS(=O)(=O)O)OCc1ccccc1.[H-].[Na+]. The molecule has 0 aromatic heterocycles. The van der Waals surface area contributed by atoms with Crippen molar-refractivity contribution in [2.24, 2.45) is 0 Å². The van der Waals surface area contributed by atoms with E-state index in [-0.39, 0.29) is 49.8 Å². The molecule has 0 radical (unpaired) electrons. The van der Waals surface area contributed by atoms with E-state index in [9.17, 15) is 13.2 Å². The number of amides is 1. The molecule has 2 N–H and O–H groups in total. The smallest absolute Gasteiger partial charge is 1.00 e. The summed E-state index contributed by atoms with van der Waals surface area (Å²) in [6, 6.07) is 9.27. The number of alkyl carbamates (subject to hydrolysis) is 1. The summed E-state index contributed by atoms with van der Waals surface area (Å²) in [5, 5.41) is 2.50. The van der Waals surface area contributed by atoms with Crippen LogP contribution >= 0.6 is 0 Å². The summed E-state index contributed by atoms with van der Waals surface area (Å²) in [5.74, 6) is -0.298. The molecule has 0 fully saturated rings. The van der Waals surface area contributed by atoms with Gasteiger partial charge in [-0.2, -0.15) is 8.42 Å². The van der Waals surface area contributed by atoms with Gasteiger partial charge in [0.1, 0.15) is 6.61 Å². The van der Waals surface area contributed by atoms with Crippen LogP contribution in [0.5, 0.6) is 0 Å². The number of unbranched alkanes of at least 4 members (excludes halogenated alkanes) is 1. The van der Waals surface area contributed by atoms with Crippen LogP contribution in [0, 0.1) is 0 Å². The van der Waals surface area contributed by atoms with Crippen LogP contribution in [0.1, 0.15) is 19.8 Å². The molecule has 1 aromatic rings. The standard InChI is InChI=1S/C12H17NO5S.Na.H/c14-12(13-8-4-5-9-19(15,16)17)18-10-11-6-2-1-3-7-11;;/h1-3,6-7H,4-5,8-10H2,(H,13,14)(H,15,16,17);;/q;+1;-1. The Labute approximate surface area is 142 Å². The molecule has 0 aliphatic rings. The summed E-state index contributed by atoms with van der Waals surface area (Å²) in [7, 11) is -3.92. The minimum absolute atomic E-state index is 0. The van der Waals surface area contributed by atoms with Gasteiger partial charge in [-0.05, 0) is 18.4 Å². The van der Waals surface area contributed by atoms with Crippen LogP contribution in [0.3, 0.4) is 0 Å². The Morgan fingerprint density at radius 3 is 2.50 bits per heavy atom. The van der Waals surface area contributed by atoms with E-state index in [1.54, 1.807) is 0 Å². The van der Waals surface area contributed by atoms with Crippen LogP contribution < -0.4 is 34.9 Å². The van der Waals surface area contributed by atoms with Crippen LogP contribution in [0.15, 0.2) is 30.3 Å². The number of carbonyl (C=O) groups excluding carboxylic acids is 1. The van der Waals surface area contributed by atoms with Gasteiger partial charge in [-0.25, -0.2) is 4.79 Å². The van der Waals surface area contributed by atoms with Crippen LogP contribution in [0.2, 0.25) is 0 Å². The molecular formula is C12H18NNaO5S. The van der Waals surface area contributed by atoms with E-state index in [2.05, 4.69) is 5.32 Å². The van der Waals surface area contributed by atoms with Crippen molar-refractivity contribution in [3.8, 4) is 0 Å². The number of rotatable bonds is 7. The number of ether oxygens (including phenoxy) is 1. The van der Waals surface area contributed by atoms with Crippen molar-refractivity contribution in [2.75, 3.05) is 12.3 Å². The fraction of sp³-hybridized carbons (Fsp3) is 0.417. The minimum Gasteiger partial charge on any atom is -1.00 e. The number of carbonyl (C=O) groups is 1. The predicted molar refractivity (Wildman–Crippen MR) is 71.4 cm³/mol. The third-order valence-corrected chi connectivity index (χ3v) is 3.12.